The van der Waals surface area contributed by atoms with Crippen LogP contribution in [0, 0.1) is 49.9 Å². The molecule has 0 atom stereocenters. The maximum atomic E-state index is 15.6. The van der Waals surface area contributed by atoms with Gasteiger partial charge in [-0.1, -0.05) is 59.7 Å². The molecule has 0 aliphatic heterocycles. The summed E-state index contributed by atoms with van der Waals surface area (Å²) in [6.45, 7) is 5.82. The average Bonchev–Trinajstić information content (AvgIpc) is 3.55. The zero-order chi connectivity index (χ0) is 32.0. The lowest BCUT2D eigenvalue weighted by Crippen LogP contribution is -2.09. The van der Waals surface area contributed by atoms with E-state index in [1.165, 1.54) is 6.07 Å². The first-order chi connectivity index (χ1) is 22.2. The molecule has 8 aromatic rings. The van der Waals surface area contributed by atoms with Crippen LogP contribution in [0.5, 0.6) is 0 Å². The van der Waals surface area contributed by atoms with E-state index in [4.69, 9.17) is 0 Å². The average molecular weight is 617 g/mol. The fourth-order valence-electron chi connectivity index (χ4n) is 6.94. The summed E-state index contributed by atoms with van der Waals surface area (Å²) in [5.41, 5.74) is 5.92. The molecular formula is C39H25F5N2. The first-order valence-electron chi connectivity index (χ1n) is 14.8. The lowest BCUT2D eigenvalue weighted by molar-refractivity contribution is 0.381. The molecule has 0 saturated heterocycles. The van der Waals surface area contributed by atoms with Crippen molar-refractivity contribution in [2.45, 2.75) is 20.8 Å². The zero-order valence-corrected chi connectivity index (χ0v) is 25.0. The number of hydrogen-bond donors (Lipinski definition) is 0. The molecule has 0 aliphatic carbocycles. The van der Waals surface area contributed by atoms with Crippen LogP contribution in [-0.2, 0) is 0 Å². The van der Waals surface area contributed by atoms with Crippen molar-refractivity contribution in [1.29, 1.82) is 0 Å². The van der Waals surface area contributed by atoms with Crippen LogP contribution in [0.15, 0.2) is 97.1 Å². The van der Waals surface area contributed by atoms with Crippen LogP contribution < -0.4 is 0 Å². The lowest BCUT2D eigenvalue weighted by Gasteiger charge is -2.22. The van der Waals surface area contributed by atoms with E-state index in [1.54, 1.807) is 6.07 Å². The van der Waals surface area contributed by atoms with Gasteiger partial charge >= 0.3 is 0 Å². The quantitative estimate of drug-likeness (QED) is 0.106. The molecule has 0 amide bonds. The molecule has 2 nitrogen and oxygen atoms in total. The summed E-state index contributed by atoms with van der Waals surface area (Å²) in [4.78, 5) is 0. The van der Waals surface area contributed by atoms with E-state index < -0.39 is 34.6 Å². The number of para-hydroxylation sites is 2. The molecule has 0 saturated carbocycles. The Kier molecular flexibility index (Phi) is 6.13. The van der Waals surface area contributed by atoms with Gasteiger partial charge in [0.2, 0.25) is 5.82 Å². The largest absolute Gasteiger partial charge is 0.309 e. The smallest absolute Gasteiger partial charge is 0.200 e. The van der Waals surface area contributed by atoms with Gasteiger partial charge in [-0.3, -0.25) is 0 Å². The number of aryl methyl sites for hydroxylation is 2. The van der Waals surface area contributed by atoms with E-state index in [9.17, 15) is 13.2 Å². The van der Waals surface area contributed by atoms with Crippen molar-refractivity contribution in [1.82, 2.24) is 9.13 Å². The Morgan fingerprint density at radius 3 is 1.46 bits per heavy atom. The van der Waals surface area contributed by atoms with Crippen molar-refractivity contribution in [3.8, 4) is 22.5 Å². The van der Waals surface area contributed by atoms with Gasteiger partial charge in [-0.05, 0) is 74.9 Å². The van der Waals surface area contributed by atoms with Gasteiger partial charge in [-0.15, -0.1) is 0 Å². The first kappa shape index (κ1) is 28.1. The topological polar surface area (TPSA) is 9.86 Å². The Labute approximate surface area is 260 Å². The second-order valence-corrected chi connectivity index (χ2v) is 11.8. The highest BCUT2D eigenvalue weighted by Crippen LogP contribution is 2.43. The third-order valence-electron chi connectivity index (χ3n) is 9.00. The van der Waals surface area contributed by atoms with Crippen LogP contribution in [0.1, 0.15) is 16.7 Å². The van der Waals surface area contributed by atoms with Gasteiger partial charge in [0.1, 0.15) is 0 Å². The minimum atomic E-state index is -2.19. The summed E-state index contributed by atoms with van der Waals surface area (Å²) in [6, 6.07) is 30.8. The highest BCUT2D eigenvalue weighted by molar-refractivity contribution is 6.11. The van der Waals surface area contributed by atoms with Gasteiger partial charge in [-0.25, -0.2) is 22.0 Å². The maximum absolute atomic E-state index is 15.6. The van der Waals surface area contributed by atoms with Gasteiger partial charge in [0.25, 0.3) is 0 Å². The number of nitrogens with zero attached hydrogens (tertiary/aromatic N) is 2. The minimum Gasteiger partial charge on any atom is -0.309 e. The number of fused-ring (bicyclic) bond motifs is 6. The molecule has 2 aromatic heterocycles. The van der Waals surface area contributed by atoms with Crippen LogP contribution in [0.4, 0.5) is 22.0 Å². The molecule has 8 rings (SSSR count). The van der Waals surface area contributed by atoms with Gasteiger partial charge in [-0.2, -0.15) is 0 Å². The summed E-state index contributed by atoms with van der Waals surface area (Å²) in [7, 11) is 0. The van der Waals surface area contributed by atoms with Crippen molar-refractivity contribution in [2.24, 2.45) is 0 Å². The van der Waals surface area contributed by atoms with E-state index in [1.807, 2.05) is 104 Å². The summed E-state index contributed by atoms with van der Waals surface area (Å²) < 4.78 is 78.9. The van der Waals surface area contributed by atoms with Gasteiger partial charge in [0.05, 0.1) is 39.0 Å². The Balaban J connectivity index is 1.58. The third-order valence-corrected chi connectivity index (χ3v) is 9.00. The molecule has 0 aliphatic rings. The number of aromatic nitrogens is 2. The Bertz CT molecular complexity index is 2540. The summed E-state index contributed by atoms with van der Waals surface area (Å²) in [5, 5.41) is 3.85. The normalized spacial score (nSPS) is 11.9. The molecule has 0 unspecified atom stereocenters. The number of halogens is 5. The molecule has 0 radical (unpaired) electrons. The monoisotopic (exact) mass is 616 g/mol. The van der Waals surface area contributed by atoms with Crippen LogP contribution in [-0.4, -0.2) is 9.13 Å². The van der Waals surface area contributed by atoms with Crippen LogP contribution in [0.25, 0.3) is 66.1 Å². The Morgan fingerprint density at radius 2 is 0.891 bits per heavy atom. The molecular weight excluding hydrogens is 591 g/mol. The summed E-state index contributed by atoms with van der Waals surface area (Å²) in [6.07, 6.45) is 0. The highest BCUT2D eigenvalue weighted by atomic mass is 19.2. The number of benzene rings is 6. The second-order valence-electron chi connectivity index (χ2n) is 11.8. The predicted molar refractivity (Wildman–Crippen MR) is 175 cm³/mol. The van der Waals surface area contributed by atoms with Crippen molar-refractivity contribution >= 4 is 43.6 Å². The third kappa shape index (κ3) is 3.81. The highest BCUT2D eigenvalue weighted by Gasteiger charge is 2.30. The summed E-state index contributed by atoms with van der Waals surface area (Å²) in [5.74, 6) is -9.93. The first-order valence-corrected chi connectivity index (χ1v) is 14.8. The number of rotatable bonds is 3. The van der Waals surface area contributed by atoms with E-state index in [-0.39, 0.29) is 5.56 Å². The minimum absolute atomic E-state index is 0.117. The maximum Gasteiger partial charge on any atom is 0.200 e. The van der Waals surface area contributed by atoms with E-state index in [2.05, 4.69) is 10.6 Å². The second kappa shape index (κ2) is 10.0. The van der Waals surface area contributed by atoms with Crippen LogP contribution >= 0.6 is 0 Å². The van der Waals surface area contributed by atoms with E-state index >= 15 is 8.78 Å². The van der Waals surface area contributed by atoms with E-state index in [0.29, 0.717) is 16.9 Å². The fraction of sp³-hybridized carbons (Fsp3) is 0.0769. The SMILES string of the molecule is Cc1ccc2c(c1)c1ccccc1n2-c1ccc(-c2c(F)c(F)c(F)c(F)c2F)c(-n2c3ccccc3c3cc(C)ccc32)c1C. The Morgan fingerprint density at radius 1 is 0.435 bits per heavy atom. The van der Waals surface area contributed by atoms with Crippen molar-refractivity contribution in [3.63, 3.8) is 0 Å². The molecule has 0 fully saturated rings. The molecule has 0 N–H and O–H groups in total. The lowest BCUT2D eigenvalue weighted by atomic mass is 9.96. The molecule has 6 aromatic carbocycles. The van der Waals surface area contributed by atoms with E-state index in [0.717, 1.165) is 54.7 Å². The molecule has 46 heavy (non-hydrogen) atoms. The molecule has 2 heterocycles. The predicted octanol–water partition coefficient (Wildman–Crippen LogP) is 11.2. The zero-order valence-electron chi connectivity index (χ0n) is 25.0. The standard InChI is InChI=1S/C39H25F5N2/c1-20-12-15-31-26(18-20)23-8-4-6-10-29(23)45(31)28-17-14-25(33-34(40)36(42)38(44)37(43)35(33)41)39(22(28)3)46-30-11-7-5-9-24(30)27-19-21(2)13-16-32(27)46/h4-19H,1-3H3. The van der Waals surface area contributed by atoms with Gasteiger partial charge < -0.3 is 9.13 Å². The van der Waals surface area contributed by atoms with Crippen molar-refractivity contribution in [2.75, 3.05) is 0 Å². The Hall–Kier alpha value is -5.43. The van der Waals surface area contributed by atoms with Crippen LogP contribution in [0.3, 0.4) is 0 Å². The number of hydrogen-bond acceptors (Lipinski definition) is 0. The van der Waals surface area contributed by atoms with Crippen molar-refractivity contribution < 1.29 is 22.0 Å². The fourth-order valence-corrected chi connectivity index (χ4v) is 6.94. The van der Waals surface area contributed by atoms with Gasteiger partial charge in [0.15, 0.2) is 23.3 Å². The molecule has 0 bridgehead atoms. The van der Waals surface area contributed by atoms with Crippen LogP contribution in [0.2, 0.25) is 0 Å². The van der Waals surface area contributed by atoms with Gasteiger partial charge in [0, 0.05) is 27.1 Å². The van der Waals surface area contributed by atoms with Crippen molar-refractivity contribution in [3.05, 3.63) is 143 Å². The molecule has 7 heteroatoms. The molecule has 226 valence electrons. The summed E-state index contributed by atoms with van der Waals surface area (Å²) >= 11 is 0. The molecule has 0 spiro atoms.